The fraction of sp³-hybridized carbons (Fsp3) is 0.286. The lowest BCUT2D eigenvalue weighted by atomic mass is 9.79. The van der Waals surface area contributed by atoms with E-state index in [-0.39, 0.29) is 6.42 Å². The fourth-order valence-corrected chi connectivity index (χ4v) is 4.26. The van der Waals surface area contributed by atoms with Crippen LogP contribution in [0.3, 0.4) is 0 Å². The molecule has 1 N–H and O–H groups in total. The zero-order valence-electron chi connectivity index (χ0n) is 10.2. The number of carboxylic acids is 1. The first-order valence-corrected chi connectivity index (χ1v) is 7.95. The number of thiazole rings is 1. The van der Waals surface area contributed by atoms with Crippen LogP contribution in [0.2, 0.25) is 0 Å². The molecule has 5 heteroatoms. The summed E-state index contributed by atoms with van der Waals surface area (Å²) in [6, 6.07) is 8.55. The molecule has 3 rings (SSSR count). The van der Waals surface area contributed by atoms with E-state index in [4.69, 9.17) is 5.11 Å². The Balaban J connectivity index is 1.56. The molecule has 0 spiro atoms. The minimum Gasteiger partial charge on any atom is -0.481 e. The van der Waals surface area contributed by atoms with Gasteiger partial charge in [-0.25, -0.2) is 4.98 Å². The summed E-state index contributed by atoms with van der Waals surface area (Å²) >= 11 is 3.27. The lowest BCUT2D eigenvalue weighted by Gasteiger charge is -2.29. The number of carboxylic acid groups (broad SMARTS) is 1. The maximum atomic E-state index is 10.6. The Kier molecular flexibility index (Phi) is 3.57. The van der Waals surface area contributed by atoms with Gasteiger partial charge in [0.05, 0.1) is 12.1 Å². The third-order valence-corrected chi connectivity index (χ3v) is 5.46. The number of aliphatic carboxylic acids is 1. The van der Waals surface area contributed by atoms with Crippen molar-refractivity contribution < 1.29 is 9.90 Å². The molecule has 1 aromatic carbocycles. The highest BCUT2D eigenvalue weighted by Crippen LogP contribution is 2.39. The first kappa shape index (κ1) is 12.7. The second-order valence-corrected chi connectivity index (χ2v) is 6.71. The molecular formula is C14H13NO2S2. The minimum atomic E-state index is -0.824. The molecule has 1 atom stereocenters. The van der Waals surface area contributed by atoms with Crippen molar-refractivity contribution in [3.63, 3.8) is 0 Å². The average molecular weight is 291 g/mol. The molecule has 0 saturated carbocycles. The number of hydrogen-bond donors (Lipinski definition) is 1. The highest BCUT2D eigenvalue weighted by molar-refractivity contribution is 8.01. The predicted octanol–water partition coefficient (Wildman–Crippen LogP) is 3.20. The zero-order chi connectivity index (χ0) is 13.2. The molecule has 2 aromatic rings. The number of fused-ring (bicyclic) bond motifs is 1. The topological polar surface area (TPSA) is 50.2 Å². The fourth-order valence-electron chi connectivity index (χ4n) is 2.27. The van der Waals surface area contributed by atoms with E-state index in [1.54, 1.807) is 11.8 Å². The van der Waals surface area contributed by atoms with Crippen molar-refractivity contribution >= 4 is 29.1 Å². The third kappa shape index (κ3) is 2.82. The summed E-state index contributed by atoms with van der Waals surface area (Å²) in [5.74, 6) is 0.819. The lowest BCUT2D eigenvalue weighted by Crippen LogP contribution is -2.18. The van der Waals surface area contributed by atoms with Gasteiger partial charge >= 0.3 is 5.97 Å². The van der Waals surface area contributed by atoms with E-state index in [0.29, 0.717) is 11.6 Å². The summed E-state index contributed by atoms with van der Waals surface area (Å²) in [6.07, 6.45) is 1.17. The number of nitrogens with zero attached hydrogens (tertiary/aromatic N) is 1. The number of carbonyl (C=O) groups is 1. The van der Waals surface area contributed by atoms with Crippen molar-refractivity contribution in [2.45, 2.75) is 23.1 Å². The van der Waals surface area contributed by atoms with Gasteiger partial charge in [0, 0.05) is 11.1 Å². The summed E-state index contributed by atoms with van der Waals surface area (Å²) < 4.78 is 0.973. The van der Waals surface area contributed by atoms with Crippen molar-refractivity contribution in [1.29, 1.82) is 0 Å². The van der Waals surface area contributed by atoms with Crippen LogP contribution in [0.25, 0.3) is 0 Å². The molecule has 0 bridgehead atoms. The quantitative estimate of drug-likeness (QED) is 0.859. The normalized spacial score (nSPS) is 16.7. The zero-order valence-corrected chi connectivity index (χ0v) is 11.8. The van der Waals surface area contributed by atoms with E-state index in [0.717, 1.165) is 16.5 Å². The number of benzene rings is 1. The molecule has 98 valence electrons. The smallest absolute Gasteiger partial charge is 0.309 e. The van der Waals surface area contributed by atoms with Gasteiger partial charge in [0.15, 0.2) is 0 Å². The highest BCUT2D eigenvalue weighted by atomic mass is 32.2. The van der Waals surface area contributed by atoms with Crippen LogP contribution in [0.5, 0.6) is 0 Å². The van der Waals surface area contributed by atoms with Crippen LogP contribution >= 0.6 is 23.1 Å². The van der Waals surface area contributed by atoms with Gasteiger partial charge < -0.3 is 5.11 Å². The van der Waals surface area contributed by atoms with Crippen LogP contribution in [0, 0.1) is 0 Å². The Bertz CT molecular complexity index is 609. The molecule has 1 aliphatic rings. The monoisotopic (exact) mass is 291 g/mol. The van der Waals surface area contributed by atoms with E-state index in [2.05, 4.69) is 29.2 Å². The molecule has 1 aliphatic carbocycles. The van der Waals surface area contributed by atoms with Crippen molar-refractivity contribution in [2.24, 2.45) is 0 Å². The van der Waals surface area contributed by atoms with E-state index < -0.39 is 5.97 Å². The SMILES string of the molecule is O=C(O)Cc1csc(SCC2Cc3ccccc32)n1. The summed E-state index contributed by atoms with van der Waals surface area (Å²) in [6.45, 7) is 0. The van der Waals surface area contributed by atoms with Gasteiger partial charge in [-0.1, -0.05) is 36.0 Å². The Morgan fingerprint density at radius 3 is 3.11 bits per heavy atom. The molecule has 1 aromatic heterocycles. The standard InChI is InChI=1S/C14H13NO2S2/c16-13(17)6-11-8-19-14(15-11)18-7-10-5-9-3-1-2-4-12(9)10/h1-4,8,10H,5-7H2,(H,16,17). The first-order chi connectivity index (χ1) is 9.22. The largest absolute Gasteiger partial charge is 0.481 e. The Morgan fingerprint density at radius 2 is 2.32 bits per heavy atom. The average Bonchev–Trinajstić information content (AvgIpc) is 2.77. The summed E-state index contributed by atoms with van der Waals surface area (Å²) in [4.78, 5) is 14.9. The maximum Gasteiger partial charge on any atom is 0.309 e. The number of hydrogen-bond acceptors (Lipinski definition) is 4. The van der Waals surface area contributed by atoms with E-state index in [1.807, 2.05) is 5.38 Å². The number of thioether (sulfide) groups is 1. The molecule has 1 heterocycles. The van der Waals surface area contributed by atoms with Crippen LogP contribution in [-0.2, 0) is 17.6 Å². The summed E-state index contributed by atoms with van der Waals surface area (Å²) in [5, 5.41) is 10.5. The summed E-state index contributed by atoms with van der Waals surface area (Å²) in [7, 11) is 0. The van der Waals surface area contributed by atoms with Crippen LogP contribution in [-0.4, -0.2) is 21.8 Å². The Labute approximate surface area is 119 Å². The van der Waals surface area contributed by atoms with Gasteiger partial charge in [0.25, 0.3) is 0 Å². The van der Waals surface area contributed by atoms with Gasteiger partial charge in [-0.2, -0.15) is 0 Å². The molecule has 0 aliphatic heterocycles. The molecule has 0 amide bonds. The van der Waals surface area contributed by atoms with Crippen molar-refractivity contribution in [2.75, 3.05) is 5.75 Å². The third-order valence-electron chi connectivity index (χ3n) is 3.23. The van der Waals surface area contributed by atoms with Gasteiger partial charge in [-0.05, 0) is 23.5 Å². The molecule has 1 unspecified atom stereocenters. The molecule has 0 radical (unpaired) electrons. The van der Waals surface area contributed by atoms with Gasteiger partial charge in [-0.3, -0.25) is 4.79 Å². The molecule has 3 nitrogen and oxygen atoms in total. The lowest BCUT2D eigenvalue weighted by molar-refractivity contribution is -0.136. The van der Waals surface area contributed by atoms with Crippen LogP contribution in [0.1, 0.15) is 22.7 Å². The Morgan fingerprint density at radius 1 is 1.47 bits per heavy atom. The van der Waals surface area contributed by atoms with Crippen LogP contribution in [0.15, 0.2) is 34.0 Å². The second kappa shape index (κ2) is 5.35. The number of aromatic nitrogens is 1. The van der Waals surface area contributed by atoms with E-state index >= 15 is 0 Å². The first-order valence-electron chi connectivity index (χ1n) is 6.09. The molecule has 0 fully saturated rings. The van der Waals surface area contributed by atoms with E-state index in [1.165, 1.54) is 22.5 Å². The van der Waals surface area contributed by atoms with Crippen LogP contribution in [0.4, 0.5) is 0 Å². The van der Waals surface area contributed by atoms with Crippen molar-refractivity contribution in [1.82, 2.24) is 4.98 Å². The molecule has 0 saturated heterocycles. The second-order valence-electron chi connectivity index (χ2n) is 4.59. The van der Waals surface area contributed by atoms with Gasteiger partial charge in [0.2, 0.25) is 0 Å². The minimum absolute atomic E-state index is 0.0172. The summed E-state index contributed by atoms with van der Waals surface area (Å²) in [5.41, 5.74) is 3.57. The van der Waals surface area contributed by atoms with Crippen LogP contribution < -0.4 is 0 Å². The van der Waals surface area contributed by atoms with Crippen molar-refractivity contribution in [3.05, 3.63) is 46.5 Å². The maximum absolute atomic E-state index is 10.6. The predicted molar refractivity (Wildman–Crippen MR) is 77.1 cm³/mol. The van der Waals surface area contributed by atoms with Gasteiger partial charge in [0.1, 0.15) is 4.34 Å². The van der Waals surface area contributed by atoms with Crippen molar-refractivity contribution in [3.8, 4) is 0 Å². The highest BCUT2D eigenvalue weighted by Gasteiger charge is 2.25. The number of rotatable bonds is 5. The Hall–Kier alpha value is -1.33. The van der Waals surface area contributed by atoms with E-state index in [9.17, 15) is 4.79 Å². The molecule has 19 heavy (non-hydrogen) atoms. The molecular weight excluding hydrogens is 278 g/mol. The van der Waals surface area contributed by atoms with Gasteiger partial charge in [-0.15, -0.1) is 11.3 Å².